The number of ether oxygens (including phenoxy) is 1. The van der Waals surface area contributed by atoms with Crippen LogP contribution in [-0.2, 0) is 4.74 Å². The summed E-state index contributed by atoms with van der Waals surface area (Å²) >= 11 is 0. The predicted molar refractivity (Wildman–Crippen MR) is 83.9 cm³/mol. The highest BCUT2D eigenvalue weighted by Gasteiger charge is 2.05. The number of carbonyl (C=O) groups is 1. The molecule has 4 heteroatoms. The molecule has 0 aliphatic heterocycles. The van der Waals surface area contributed by atoms with Gasteiger partial charge in [0.1, 0.15) is 0 Å². The molecule has 0 spiro atoms. The molecule has 0 atom stereocenters. The lowest BCUT2D eigenvalue weighted by molar-refractivity contribution is 0.159. The largest absolute Gasteiger partial charge is 0.449 e. The second-order valence-electron chi connectivity index (χ2n) is 5.10. The molecule has 1 aromatic carbocycles. The first-order chi connectivity index (χ1) is 9.63. The summed E-state index contributed by atoms with van der Waals surface area (Å²) in [6.45, 7) is 4.59. The van der Waals surface area contributed by atoms with Gasteiger partial charge in [-0.3, -0.25) is 5.32 Å². The quantitative estimate of drug-likeness (QED) is 0.544. The van der Waals surface area contributed by atoms with E-state index in [4.69, 9.17) is 10.5 Å². The topological polar surface area (TPSA) is 64.3 Å². The minimum absolute atomic E-state index is 0.410. The van der Waals surface area contributed by atoms with Crippen molar-refractivity contribution in [1.82, 2.24) is 0 Å². The van der Waals surface area contributed by atoms with Gasteiger partial charge in [0.25, 0.3) is 0 Å². The van der Waals surface area contributed by atoms with E-state index in [1.165, 1.54) is 25.7 Å². The monoisotopic (exact) mass is 278 g/mol. The Morgan fingerprint density at radius 1 is 1.20 bits per heavy atom. The van der Waals surface area contributed by atoms with Crippen LogP contribution in [0.25, 0.3) is 0 Å². The second-order valence-corrected chi connectivity index (χ2v) is 5.10. The maximum Gasteiger partial charge on any atom is 0.411 e. The zero-order valence-electron chi connectivity index (χ0n) is 12.6. The van der Waals surface area contributed by atoms with Gasteiger partial charge in [-0.1, -0.05) is 45.1 Å². The zero-order valence-corrected chi connectivity index (χ0v) is 12.6. The van der Waals surface area contributed by atoms with Crippen molar-refractivity contribution in [2.75, 3.05) is 17.7 Å². The molecule has 1 rings (SSSR count). The van der Waals surface area contributed by atoms with E-state index in [2.05, 4.69) is 12.2 Å². The lowest BCUT2D eigenvalue weighted by Crippen LogP contribution is -2.15. The molecule has 4 nitrogen and oxygen atoms in total. The highest BCUT2D eigenvalue weighted by Crippen LogP contribution is 2.18. The SMILES string of the molecule is CCCCCCCCOC(=O)Nc1cc(N)ccc1C. The zero-order chi connectivity index (χ0) is 14.8. The van der Waals surface area contributed by atoms with Crippen LogP contribution in [0.1, 0.15) is 51.0 Å². The van der Waals surface area contributed by atoms with Crippen LogP contribution in [0.15, 0.2) is 18.2 Å². The average Bonchev–Trinajstić information content (AvgIpc) is 2.42. The van der Waals surface area contributed by atoms with Crippen LogP contribution < -0.4 is 11.1 Å². The van der Waals surface area contributed by atoms with E-state index in [1.54, 1.807) is 6.07 Å². The molecule has 0 saturated carbocycles. The van der Waals surface area contributed by atoms with E-state index >= 15 is 0 Å². The molecule has 0 bridgehead atoms. The smallest absolute Gasteiger partial charge is 0.411 e. The Bertz CT molecular complexity index is 419. The van der Waals surface area contributed by atoms with Crippen LogP contribution in [0.4, 0.5) is 16.2 Å². The fraction of sp³-hybridized carbons (Fsp3) is 0.562. The number of nitrogens with two attached hydrogens (primary N) is 1. The average molecular weight is 278 g/mol. The van der Waals surface area contributed by atoms with Crippen LogP contribution >= 0.6 is 0 Å². The summed E-state index contributed by atoms with van der Waals surface area (Å²) < 4.78 is 5.16. The van der Waals surface area contributed by atoms with Crippen molar-refractivity contribution in [3.63, 3.8) is 0 Å². The molecule has 20 heavy (non-hydrogen) atoms. The molecule has 0 aromatic heterocycles. The number of amides is 1. The van der Waals surface area contributed by atoms with Gasteiger partial charge in [0.15, 0.2) is 0 Å². The molecule has 3 N–H and O–H groups in total. The summed E-state index contributed by atoms with van der Waals surface area (Å²) in [5.41, 5.74) is 7.99. The van der Waals surface area contributed by atoms with Crippen molar-refractivity contribution >= 4 is 17.5 Å². The van der Waals surface area contributed by atoms with Gasteiger partial charge in [-0.05, 0) is 31.0 Å². The van der Waals surface area contributed by atoms with Gasteiger partial charge in [-0.25, -0.2) is 4.79 Å². The lowest BCUT2D eigenvalue weighted by atomic mass is 10.1. The van der Waals surface area contributed by atoms with Crippen LogP contribution in [0.3, 0.4) is 0 Å². The summed E-state index contributed by atoms with van der Waals surface area (Å²) in [6.07, 6.45) is 6.65. The first-order valence-corrected chi connectivity index (χ1v) is 7.43. The van der Waals surface area contributed by atoms with Crippen LogP contribution in [0.2, 0.25) is 0 Å². The molecule has 0 fully saturated rings. The van der Waals surface area contributed by atoms with Gasteiger partial charge in [0.2, 0.25) is 0 Å². The maximum absolute atomic E-state index is 11.6. The molecule has 0 aliphatic rings. The number of hydrogen-bond acceptors (Lipinski definition) is 3. The first-order valence-electron chi connectivity index (χ1n) is 7.43. The van der Waals surface area contributed by atoms with Crippen LogP contribution in [-0.4, -0.2) is 12.7 Å². The summed E-state index contributed by atoms with van der Waals surface area (Å²) in [7, 11) is 0. The minimum Gasteiger partial charge on any atom is -0.449 e. The van der Waals surface area contributed by atoms with Crippen molar-refractivity contribution < 1.29 is 9.53 Å². The van der Waals surface area contributed by atoms with Gasteiger partial charge in [-0.15, -0.1) is 0 Å². The molecule has 1 amide bonds. The van der Waals surface area contributed by atoms with Crippen molar-refractivity contribution in [2.24, 2.45) is 0 Å². The molecule has 0 unspecified atom stereocenters. The number of hydrogen-bond donors (Lipinski definition) is 2. The summed E-state index contributed by atoms with van der Waals surface area (Å²) in [5.74, 6) is 0. The van der Waals surface area contributed by atoms with Crippen molar-refractivity contribution in [3.8, 4) is 0 Å². The third kappa shape index (κ3) is 6.45. The maximum atomic E-state index is 11.6. The molecule has 0 radical (unpaired) electrons. The highest BCUT2D eigenvalue weighted by molar-refractivity contribution is 5.86. The van der Waals surface area contributed by atoms with E-state index < -0.39 is 6.09 Å². The van der Waals surface area contributed by atoms with Gasteiger partial charge in [0, 0.05) is 11.4 Å². The molecule has 1 aromatic rings. The van der Waals surface area contributed by atoms with Crippen molar-refractivity contribution in [1.29, 1.82) is 0 Å². The van der Waals surface area contributed by atoms with Crippen LogP contribution in [0.5, 0.6) is 0 Å². The Kier molecular flexibility index (Phi) is 7.55. The highest BCUT2D eigenvalue weighted by atomic mass is 16.5. The van der Waals surface area contributed by atoms with Crippen molar-refractivity contribution in [2.45, 2.75) is 52.4 Å². The summed E-state index contributed by atoms with van der Waals surface area (Å²) in [5, 5.41) is 2.72. The van der Waals surface area contributed by atoms with E-state index in [0.717, 1.165) is 18.4 Å². The molecule has 0 saturated heterocycles. The molecule has 112 valence electrons. The van der Waals surface area contributed by atoms with E-state index in [1.807, 2.05) is 19.1 Å². The van der Waals surface area contributed by atoms with Gasteiger partial charge >= 0.3 is 6.09 Å². The summed E-state index contributed by atoms with van der Waals surface area (Å²) in [4.78, 5) is 11.6. The normalized spacial score (nSPS) is 10.3. The molecular weight excluding hydrogens is 252 g/mol. The Labute approximate surface area is 121 Å². The number of rotatable bonds is 8. The first kappa shape index (κ1) is 16.3. The molecular formula is C16H26N2O2. The standard InChI is InChI=1S/C16H26N2O2/c1-3-4-5-6-7-8-11-20-16(19)18-15-12-14(17)10-9-13(15)2/h9-10,12H,3-8,11,17H2,1-2H3,(H,18,19). The number of aryl methyl sites for hydroxylation is 1. The van der Waals surface area contributed by atoms with Crippen molar-refractivity contribution in [3.05, 3.63) is 23.8 Å². The fourth-order valence-corrected chi connectivity index (χ4v) is 1.97. The number of benzene rings is 1. The number of anilines is 2. The van der Waals surface area contributed by atoms with Gasteiger partial charge < -0.3 is 10.5 Å². The van der Waals surface area contributed by atoms with E-state index in [0.29, 0.717) is 18.0 Å². The fourth-order valence-electron chi connectivity index (χ4n) is 1.97. The van der Waals surface area contributed by atoms with E-state index in [-0.39, 0.29) is 0 Å². The molecule has 0 aliphatic carbocycles. The Balaban J connectivity index is 2.19. The molecule has 0 heterocycles. The second kappa shape index (κ2) is 9.23. The van der Waals surface area contributed by atoms with Gasteiger partial charge in [-0.2, -0.15) is 0 Å². The Morgan fingerprint density at radius 3 is 2.65 bits per heavy atom. The predicted octanol–water partition coefficient (Wildman–Crippen LogP) is 4.49. The Morgan fingerprint density at radius 2 is 1.90 bits per heavy atom. The summed E-state index contributed by atoms with van der Waals surface area (Å²) in [6, 6.07) is 5.42. The third-order valence-corrected chi connectivity index (χ3v) is 3.23. The number of unbranched alkanes of at least 4 members (excludes halogenated alkanes) is 5. The van der Waals surface area contributed by atoms with E-state index in [9.17, 15) is 4.79 Å². The third-order valence-electron chi connectivity index (χ3n) is 3.23. The minimum atomic E-state index is -0.410. The van der Waals surface area contributed by atoms with Crippen LogP contribution in [0, 0.1) is 6.92 Å². The Hall–Kier alpha value is -1.71. The number of carbonyl (C=O) groups excluding carboxylic acids is 1. The number of nitrogen functional groups attached to an aromatic ring is 1. The lowest BCUT2D eigenvalue weighted by Gasteiger charge is -2.10. The number of nitrogens with one attached hydrogen (secondary N) is 1. The van der Waals surface area contributed by atoms with Gasteiger partial charge in [0.05, 0.1) is 6.61 Å².